The number of halogens is 4. The lowest BCUT2D eigenvalue weighted by Gasteiger charge is -2.36. The number of piperazine rings is 1. The van der Waals surface area contributed by atoms with Crippen molar-refractivity contribution in [1.82, 2.24) is 29.8 Å². The predicted octanol–water partition coefficient (Wildman–Crippen LogP) is 1.91. The molecule has 12 heteroatoms. The molecule has 3 aromatic heterocycles. The predicted molar refractivity (Wildman–Crippen MR) is 87.3 cm³/mol. The molecule has 0 bridgehead atoms. The first-order chi connectivity index (χ1) is 12.4. The van der Waals surface area contributed by atoms with Gasteiger partial charge >= 0.3 is 6.18 Å². The third-order valence-electron chi connectivity index (χ3n) is 4.03. The van der Waals surface area contributed by atoms with Crippen molar-refractivity contribution in [2.24, 2.45) is 0 Å². The van der Waals surface area contributed by atoms with Crippen molar-refractivity contribution in [3.8, 4) is 0 Å². The molecule has 0 unspecified atom stereocenters. The number of aromatic nitrogens is 6. The van der Waals surface area contributed by atoms with Gasteiger partial charge in [0.05, 0.1) is 0 Å². The monoisotopic (exact) mass is 384 g/mol. The highest BCUT2D eigenvalue weighted by Gasteiger charge is 2.35. The van der Waals surface area contributed by atoms with Crippen LogP contribution in [0.15, 0.2) is 24.4 Å². The van der Waals surface area contributed by atoms with Crippen LogP contribution in [0.4, 0.5) is 24.8 Å². The summed E-state index contributed by atoms with van der Waals surface area (Å²) in [5.74, 6) is -0.179. The molecule has 4 rings (SSSR count). The molecule has 1 aliphatic rings. The van der Waals surface area contributed by atoms with Crippen LogP contribution in [0.25, 0.3) is 5.65 Å². The second kappa shape index (κ2) is 6.24. The van der Waals surface area contributed by atoms with Gasteiger partial charge < -0.3 is 9.80 Å². The minimum atomic E-state index is -4.56. The van der Waals surface area contributed by atoms with Crippen molar-refractivity contribution in [3.05, 3.63) is 35.5 Å². The first-order valence-electron chi connectivity index (χ1n) is 7.70. The van der Waals surface area contributed by atoms with E-state index in [1.165, 1.54) is 10.6 Å². The maximum atomic E-state index is 12.8. The van der Waals surface area contributed by atoms with E-state index in [9.17, 15) is 13.2 Å². The van der Waals surface area contributed by atoms with E-state index in [4.69, 9.17) is 11.6 Å². The second-order valence-corrected chi connectivity index (χ2v) is 5.98. The Morgan fingerprint density at radius 2 is 1.62 bits per heavy atom. The third kappa shape index (κ3) is 3.09. The van der Waals surface area contributed by atoms with E-state index in [1.54, 1.807) is 11.0 Å². The summed E-state index contributed by atoms with van der Waals surface area (Å²) in [7, 11) is 0. The van der Waals surface area contributed by atoms with Gasteiger partial charge in [0.15, 0.2) is 5.65 Å². The van der Waals surface area contributed by atoms with E-state index in [0.717, 1.165) is 6.20 Å². The number of hydrogen-bond acceptors (Lipinski definition) is 7. The average molecular weight is 385 g/mol. The fourth-order valence-corrected chi connectivity index (χ4v) is 2.91. The van der Waals surface area contributed by atoms with E-state index in [2.05, 4.69) is 25.3 Å². The molecule has 0 aromatic carbocycles. The Hall–Kier alpha value is -2.69. The molecule has 136 valence electrons. The molecule has 0 atom stereocenters. The van der Waals surface area contributed by atoms with E-state index < -0.39 is 12.0 Å². The van der Waals surface area contributed by atoms with Crippen LogP contribution in [0.3, 0.4) is 0 Å². The molecule has 1 fully saturated rings. The number of anilines is 2. The minimum absolute atomic E-state index is 0.168. The van der Waals surface area contributed by atoms with Crippen LogP contribution < -0.4 is 9.80 Å². The molecule has 0 amide bonds. The maximum absolute atomic E-state index is 12.8. The van der Waals surface area contributed by atoms with Crippen LogP contribution in [0, 0.1) is 0 Å². The van der Waals surface area contributed by atoms with Gasteiger partial charge in [0.2, 0.25) is 11.1 Å². The van der Waals surface area contributed by atoms with E-state index in [1.807, 2.05) is 11.0 Å². The van der Waals surface area contributed by atoms with Crippen molar-refractivity contribution in [2.75, 3.05) is 36.0 Å². The molecule has 0 N–H and O–H groups in total. The SMILES string of the molecule is FC(F)(F)c1nccc(N2CCN(c3ccc4nnc(Cl)n4n3)CC2)n1. The van der Waals surface area contributed by atoms with Crippen molar-refractivity contribution >= 4 is 28.9 Å². The molecule has 1 saturated heterocycles. The molecule has 0 aliphatic carbocycles. The number of fused-ring (bicyclic) bond motifs is 1. The van der Waals surface area contributed by atoms with E-state index in [0.29, 0.717) is 37.6 Å². The maximum Gasteiger partial charge on any atom is 0.451 e. The normalized spacial score (nSPS) is 15.7. The van der Waals surface area contributed by atoms with Crippen LogP contribution >= 0.6 is 11.6 Å². The molecule has 0 spiro atoms. The highest BCUT2D eigenvalue weighted by molar-refractivity contribution is 6.28. The van der Waals surface area contributed by atoms with Crippen LogP contribution in [-0.4, -0.2) is 56.0 Å². The van der Waals surface area contributed by atoms with Crippen molar-refractivity contribution < 1.29 is 13.2 Å². The van der Waals surface area contributed by atoms with Gasteiger partial charge in [-0.25, -0.2) is 9.97 Å². The number of nitrogens with zero attached hydrogens (tertiary/aromatic N) is 8. The van der Waals surface area contributed by atoms with E-state index >= 15 is 0 Å². The van der Waals surface area contributed by atoms with Gasteiger partial charge in [0.25, 0.3) is 0 Å². The topological polar surface area (TPSA) is 75.3 Å². The Morgan fingerprint density at radius 1 is 0.923 bits per heavy atom. The molecule has 3 aromatic rings. The number of rotatable bonds is 2. The zero-order valence-corrected chi connectivity index (χ0v) is 14.0. The molecular weight excluding hydrogens is 373 g/mol. The molecule has 4 heterocycles. The lowest BCUT2D eigenvalue weighted by molar-refractivity contribution is -0.144. The van der Waals surface area contributed by atoms with Crippen molar-refractivity contribution in [1.29, 1.82) is 0 Å². The molecular formula is C14H12ClF3N8. The summed E-state index contributed by atoms with van der Waals surface area (Å²) < 4.78 is 39.7. The highest BCUT2D eigenvalue weighted by atomic mass is 35.5. The summed E-state index contributed by atoms with van der Waals surface area (Å²) in [4.78, 5) is 10.7. The summed E-state index contributed by atoms with van der Waals surface area (Å²) in [5.41, 5.74) is 0.540. The first kappa shape index (κ1) is 16.8. The molecule has 1 aliphatic heterocycles. The molecule has 8 nitrogen and oxygen atoms in total. The van der Waals surface area contributed by atoms with Gasteiger partial charge in [-0.1, -0.05) is 0 Å². The minimum Gasteiger partial charge on any atom is -0.353 e. The lowest BCUT2D eigenvalue weighted by Crippen LogP contribution is -2.47. The van der Waals surface area contributed by atoms with Gasteiger partial charge in [-0.2, -0.15) is 17.7 Å². The Labute approximate surface area is 150 Å². The third-order valence-corrected chi connectivity index (χ3v) is 4.27. The Kier molecular flexibility index (Phi) is 4.02. The summed E-state index contributed by atoms with van der Waals surface area (Å²) in [5, 5.41) is 12.2. The smallest absolute Gasteiger partial charge is 0.353 e. The number of hydrogen-bond donors (Lipinski definition) is 0. The van der Waals surface area contributed by atoms with Gasteiger partial charge in [-0.15, -0.1) is 15.3 Å². The van der Waals surface area contributed by atoms with Crippen LogP contribution in [0.5, 0.6) is 0 Å². The Balaban J connectivity index is 1.49. The zero-order valence-electron chi connectivity index (χ0n) is 13.2. The molecule has 26 heavy (non-hydrogen) atoms. The van der Waals surface area contributed by atoms with E-state index in [-0.39, 0.29) is 11.1 Å². The largest absolute Gasteiger partial charge is 0.451 e. The van der Waals surface area contributed by atoms with Crippen LogP contribution in [0.1, 0.15) is 5.82 Å². The zero-order chi connectivity index (χ0) is 18.3. The summed E-state index contributed by atoms with van der Waals surface area (Å²) in [6, 6.07) is 5.04. The quantitative estimate of drug-likeness (QED) is 0.668. The summed E-state index contributed by atoms with van der Waals surface area (Å²) in [6.45, 7) is 2.15. The highest BCUT2D eigenvalue weighted by Crippen LogP contribution is 2.27. The van der Waals surface area contributed by atoms with Gasteiger partial charge in [0.1, 0.15) is 11.6 Å². The first-order valence-corrected chi connectivity index (χ1v) is 8.08. The Morgan fingerprint density at radius 3 is 2.31 bits per heavy atom. The lowest BCUT2D eigenvalue weighted by atomic mass is 10.3. The van der Waals surface area contributed by atoms with Crippen molar-refractivity contribution in [2.45, 2.75) is 6.18 Å². The standard InChI is InChI=1S/C14H12ClF3N8/c15-13-22-21-10-1-2-11(23-26(10)13)25-7-5-24(6-8-25)9-3-4-19-12(20-9)14(16,17)18/h1-4H,5-8H2. The molecule has 0 radical (unpaired) electrons. The summed E-state index contributed by atoms with van der Waals surface area (Å²) >= 11 is 5.93. The average Bonchev–Trinajstić information content (AvgIpc) is 3.02. The van der Waals surface area contributed by atoms with Crippen LogP contribution in [0.2, 0.25) is 5.28 Å². The Bertz CT molecular complexity index is 935. The van der Waals surface area contributed by atoms with Gasteiger partial charge in [0, 0.05) is 32.4 Å². The second-order valence-electron chi connectivity index (χ2n) is 5.64. The fourth-order valence-electron chi connectivity index (χ4n) is 2.75. The number of alkyl halides is 3. The van der Waals surface area contributed by atoms with Gasteiger partial charge in [-0.05, 0) is 29.8 Å². The fraction of sp³-hybridized carbons (Fsp3) is 0.357. The van der Waals surface area contributed by atoms with Gasteiger partial charge in [-0.3, -0.25) is 0 Å². The summed E-state index contributed by atoms with van der Waals surface area (Å²) in [6.07, 6.45) is -3.43. The van der Waals surface area contributed by atoms with Crippen molar-refractivity contribution in [3.63, 3.8) is 0 Å². The van der Waals surface area contributed by atoms with Crippen LogP contribution in [-0.2, 0) is 6.18 Å². The molecule has 0 saturated carbocycles.